The number of hydrogen-bond donors (Lipinski definition) is 2. The Bertz CT molecular complexity index is 407. The van der Waals surface area contributed by atoms with Crippen molar-refractivity contribution in [1.29, 1.82) is 0 Å². The Morgan fingerprint density at radius 2 is 2.32 bits per heavy atom. The van der Waals surface area contributed by atoms with E-state index in [1.54, 1.807) is 6.07 Å². The lowest BCUT2D eigenvalue weighted by Crippen LogP contribution is -2.30. The average Bonchev–Trinajstić information content (AvgIpc) is 2.44. The summed E-state index contributed by atoms with van der Waals surface area (Å²) in [6.45, 7) is 3.20. The summed E-state index contributed by atoms with van der Waals surface area (Å²) in [7, 11) is 0. The largest absolute Gasteiger partial charge is 0.508 e. The minimum Gasteiger partial charge on any atom is -0.508 e. The number of phenolic OH excluding ortho intramolecular Hbond substituents is 1. The number of aromatic hydroxyl groups is 1. The van der Waals surface area contributed by atoms with Crippen LogP contribution in [0, 0.1) is 0 Å². The molecule has 106 valence electrons. The molecule has 0 aromatic heterocycles. The van der Waals surface area contributed by atoms with Crippen LogP contribution in [0.5, 0.6) is 5.75 Å². The second-order valence-corrected chi connectivity index (χ2v) is 7.38. The summed E-state index contributed by atoms with van der Waals surface area (Å²) >= 11 is 5.56. The van der Waals surface area contributed by atoms with Crippen molar-refractivity contribution in [3.05, 3.63) is 28.2 Å². The first-order chi connectivity index (χ1) is 9.20. The van der Waals surface area contributed by atoms with Crippen LogP contribution in [0.4, 0.5) is 0 Å². The maximum absolute atomic E-state index is 10.0. The van der Waals surface area contributed by atoms with Gasteiger partial charge in [0.25, 0.3) is 0 Å². The van der Waals surface area contributed by atoms with Gasteiger partial charge in [0.05, 0.1) is 0 Å². The molecule has 2 rings (SSSR count). The molecule has 2 atom stereocenters. The van der Waals surface area contributed by atoms with Crippen LogP contribution in [0.15, 0.2) is 22.7 Å². The van der Waals surface area contributed by atoms with E-state index in [1.165, 1.54) is 25.0 Å². The molecule has 1 aliphatic rings. The molecule has 1 aromatic carbocycles. The smallest absolute Gasteiger partial charge is 0.120 e. The molecular weight excluding hydrogens is 322 g/mol. The van der Waals surface area contributed by atoms with E-state index in [2.05, 4.69) is 39.9 Å². The van der Waals surface area contributed by atoms with Crippen LogP contribution in [0.25, 0.3) is 0 Å². The SMILES string of the molecule is CCC(NCC1CCCCS1)c1cc(Br)ccc1O. The van der Waals surface area contributed by atoms with Crippen LogP contribution in [0.1, 0.15) is 44.2 Å². The topological polar surface area (TPSA) is 32.3 Å². The Morgan fingerprint density at radius 3 is 3.00 bits per heavy atom. The van der Waals surface area contributed by atoms with E-state index in [9.17, 15) is 5.11 Å². The molecule has 0 bridgehead atoms. The van der Waals surface area contributed by atoms with Crippen molar-refractivity contribution in [2.45, 2.75) is 43.9 Å². The van der Waals surface area contributed by atoms with Crippen LogP contribution in [0.3, 0.4) is 0 Å². The summed E-state index contributed by atoms with van der Waals surface area (Å²) < 4.78 is 1.02. The van der Waals surface area contributed by atoms with E-state index >= 15 is 0 Å². The molecule has 0 saturated carbocycles. The predicted molar refractivity (Wildman–Crippen MR) is 86.9 cm³/mol. The summed E-state index contributed by atoms with van der Waals surface area (Å²) in [5.41, 5.74) is 0.998. The lowest BCUT2D eigenvalue weighted by molar-refractivity contribution is 0.438. The zero-order chi connectivity index (χ0) is 13.7. The highest BCUT2D eigenvalue weighted by molar-refractivity contribution is 9.10. The Labute approximate surface area is 128 Å². The average molecular weight is 344 g/mol. The van der Waals surface area contributed by atoms with Crippen LogP contribution in [-0.4, -0.2) is 22.7 Å². The van der Waals surface area contributed by atoms with Crippen LogP contribution in [0.2, 0.25) is 0 Å². The van der Waals surface area contributed by atoms with Crippen LogP contribution < -0.4 is 5.32 Å². The summed E-state index contributed by atoms with van der Waals surface area (Å²) in [5.74, 6) is 1.68. The van der Waals surface area contributed by atoms with Crippen molar-refractivity contribution in [2.24, 2.45) is 0 Å². The first kappa shape index (κ1) is 15.2. The van der Waals surface area contributed by atoms with E-state index in [4.69, 9.17) is 0 Å². The minimum atomic E-state index is 0.236. The summed E-state index contributed by atoms with van der Waals surface area (Å²) in [5, 5.41) is 14.4. The van der Waals surface area contributed by atoms with E-state index in [0.29, 0.717) is 5.75 Å². The zero-order valence-electron chi connectivity index (χ0n) is 11.4. The lowest BCUT2D eigenvalue weighted by Gasteiger charge is -2.25. The fraction of sp³-hybridized carbons (Fsp3) is 0.600. The lowest BCUT2D eigenvalue weighted by atomic mass is 10.0. The molecule has 2 nitrogen and oxygen atoms in total. The van der Waals surface area contributed by atoms with Crippen molar-refractivity contribution in [1.82, 2.24) is 5.32 Å². The van der Waals surface area contributed by atoms with Gasteiger partial charge >= 0.3 is 0 Å². The molecule has 0 spiro atoms. The highest BCUT2D eigenvalue weighted by atomic mass is 79.9. The van der Waals surface area contributed by atoms with Gasteiger partial charge in [0.2, 0.25) is 0 Å². The number of phenols is 1. The highest BCUT2D eigenvalue weighted by Crippen LogP contribution is 2.30. The van der Waals surface area contributed by atoms with E-state index in [-0.39, 0.29) is 6.04 Å². The molecular formula is C15H22BrNOS. The summed E-state index contributed by atoms with van der Waals surface area (Å²) in [6.07, 6.45) is 5.03. The maximum Gasteiger partial charge on any atom is 0.120 e. The third-order valence-electron chi connectivity index (χ3n) is 3.64. The second-order valence-electron chi connectivity index (χ2n) is 5.06. The molecule has 1 aromatic rings. The van der Waals surface area contributed by atoms with Crippen LogP contribution in [-0.2, 0) is 0 Å². The molecule has 4 heteroatoms. The van der Waals surface area contributed by atoms with Gasteiger partial charge in [-0.3, -0.25) is 0 Å². The van der Waals surface area contributed by atoms with E-state index in [1.807, 2.05) is 12.1 Å². The molecule has 2 N–H and O–H groups in total. The number of benzene rings is 1. The van der Waals surface area contributed by atoms with Crippen molar-refractivity contribution < 1.29 is 5.11 Å². The number of hydrogen-bond acceptors (Lipinski definition) is 3. The quantitative estimate of drug-likeness (QED) is 0.826. The number of nitrogens with one attached hydrogen (secondary N) is 1. The molecule has 0 aliphatic carbocycles. The van der Waals surface area contributed by atoms with Gasteiger partial charge in [-0.15, -0.1) is 0 Å². The Balaban J connectivity index is 1.97. The third kappa shape index (κ3) is 4.40. The monoisotopic (exact) mass is 343 g/mol. The van der Waals surface area contributed by atoms with Gasteiger partial charge < -0.3 is 10.4 Å². The van der Waals surface area contributed by atoms with Crippen molar-refractivity contribution in [3.8, 4) is 5.75 Å². The Morgan fingerprint density at radius 1 is 1.47 bits per heavy atom. The maximum atomic E-state index is 10.0. The molecule has 19 heavy (non-hydrogen) atoms. The Hall–Kier alpha value is -0.190. The zero-order valence-corrected chi connectivity index (χ0v) is 13.8. The van der Waals surface area contributed by atoms with E-state index < -0.39 is 0 Å². The molecule has 1 aliphatic heterocycles. The van der Waals surface area contributed by atoms with Gasteiger partial charge in [-0.25, -0.2) is 0 Å². The molecule has 2 unspecified atom stereocenters. The van der Waals surface area contributed by atoms with Crippen LogP contribution >= 0.6 is 27.7 Å². The fourth-order valence-corrected chi connectivity index (χ4v) is 4.15. The van der Waals surface area contributed by atoms with Gasteiger partial charge in [-0.05, 0) is 43.2 Å². The predicted octanol–water partition coefficient (Wildman–Crippen LogP) is 4.48. The van der Waals surface area contributed by atoms with Gasteiger partial charge in [-0.1, -0.05) is 29.3 Å². The Kier molecular flexibility index (Phi) is 6.05. The first-order valence-corrected chi connectivity index (χ1v) is 8.88. The standard InChI is InChI=1S/C15H22BrNOS/c1-2-14(13-9-11(16)6-7-15(13)18)17-10-12-5-3-4-8-19-12/h6-7,9,12,14,17-18H,2-5,8,10H2,1H3. The second kappa shape index (κ2) is 7.55. The number of halogens is 1. The highest BCUT2D eigenvalue weighted by Gasteiger charge is 2.18. The van der Waals surface area contributed by atoms with Gasteiger partial charge in [0.15, 0.2) is 0 Å². The molecule has 0 amide bonds. The summed E-state index contributed by atoms with van der Waals surface area (Å²) in [4.78, 5) is 0. The molecule has 1 saturated heterocycles. The molecule has 0 radical (unpaired) electrons. The molecule has 1 heterocycles. The van der Waals surface area contributed by atoms with Gasteiger partial charge in [-0.2, -0.15) is 11.8 Å². The van der Waals surface area contributed by atoms with Crippen molar-refractivity contribution in [2.75, 3.05) is 12.3 Å². The normalized spacial score (nSPS) is 21.3. The number of thioether (sulfide) groups is 1. The molecule has 1 fully saturated rings. The van der Waals surface area contributed by atoms with Gasteiger partial charge in [0.1, 0.15) is 5.75 Å². The van der Waals surface area contributed by atoms with E-state index in [0.717, 1.165) is 28.3 Å². The fourth-order valence-electron chi connectivity index (χ4n) is 2.52. The van der Waals surface area contributed by atoms with Crippen molar-refractivity contribution >= 4 is 27.7 Å². The minimum absolute atomic E-state index is 0.236. The van der Waals surface area contributed by atoms with Crippen molar-refractivity contribution in [3.63, 3.8) is 0 Å². The summed E-state index contributed by atoms with van der Waals surface area (Å²) in [6, 6.07) is 5.90. The number of rotatable bonds is 5. The third-order valence-corrected chi connectivity index (χ3v) is 5.53. The first-order valence-electron chi connectivity index (χ1n) is 7.04. The van der Waals surface area contributed by atoms with Gasteiger partial charge in [0, 0.05) is 27.9 Å².